The highest BCUT2D eigenvalue weighted by molar-refractivity contribution is 6.30. The minimum absolute atomic E-state index is 0.100. The molecule has 4 nitrogen and oxygen atoms in total. The van der Waals surface area contributed by atoms with Crippen LogP contribution < -0.4 is 5.32 Å². The molecule has 0 aliphatic rings. The molecular formula is C18H18ClN3O. The van der Waals surface area contributed by atoms with E-state index in [4.69, 9.17) is 11.6 Å². The molecule has 0 saturated carbocycles. The van der Waals surface area contributed by atoms with Crippen LogP contribution in [-0.4, -0.2) is 22.4 Å². The van der Waals surface area contributed by atoms with Gasteiger partial charge in [0, 0.05) is 22.5 Å². The zero-order chi connectivity index (χ0) is 16.4. The van der Waals surface area contributed by atoms with Crippen molar-refractivity contribution < 1.29 is 4.79 Å². The monoisotopic (exact) mass is 327 g/mol. The molecule has 0 aliphatic carbocycles. The van der Waals surface area contributed by atoms with Gasteiger partial charge in [0.1, 0.15) is 0 Å². The third kappa shape index (κ3) is 3.37. The van der Waals surface area contributed by atoms with Gasteiger partial charge in [-0.1, -0.05) is 37.6 Å². The van der Waals surface area contributed by atoms with Gasteiger partial charge in [-0.05, 0) is 35.9 Å². The van der Waals surface area contributed by atoms with E-state index in [-0.39, 0.29) is 11.3 Å². The van der Waals surface area contributed by atoms with E-state index in [0.29, 0.717) is 17.1 Å². The summed E-state index contributed by atoms with van der Waals surface area (Å²) in [4.78, 5) is 19.5. The Hall–Kier alpha value is -2.33. The first-order valence-corrected chi connectivity index (χ1v) is 7.81. The number of hydrogen-bond acceptors (Lipinski definition) is 2. The topological polar surface area (TPSA) is 57.8 Å². The fourth-order valence-corrected chi connectivity index (χ4v) is 2.68. The van der Waals surface area contributed by atoms with Crippen molar-refractivity contribution in [1.29, 1.82) is 0 Å². The maximum Gasteiger partial charge on any atom is 0.251 e. The van der Waals surface area contributed by atoms with E-state index in [1.807, 2.05) is 36.4 Å². The molecule has 2 N–H and O–H groups in total. The van der Waals surface area contributed by atoms with Crippen LogP contribution in [0.1, 0.15) is 29.8 Å². The van der Waals surface area contributed by atoms with Crippen molar-refractivity contribution in [2.75, 3.05) is 6.54 Å². The first kappa shape index (κ1) is 15.6. The van der Waals surface area contributed by atoms with E-state index >= 15 is 0 Å². The smallest absolute Gasteiger partial charge is 0.251 e. The van der Waals surface area contributed by atoms with E-state index in [2.05, 4.69) is 29.1 Å². The van der Waals surface area contributed by atoms with Crippen molar-refractivity contribution in [2.24, 2.45) is 0 Å². The predicted molar refractivity (Wildman–Crippen MR) is 92.9 cm³/mol. The van der Waals surface area contributed by atoms with E-state index < -0.39 is 0 Å². The highest BCUT2D eigenvalue weighted by Gasteiger charge is 2.22. The maximum absolute atomic E-state index is 12.4. The number of carbonyl (C=O) groups is 1. The molecule has 0 unspecified atom stereocenters. The van der Waals surface area contributed by atoms with Gasteiger partial charge in [0.25, 0.3) is 5.91 Å². The first-order chi connectivity index (χ1) is 11.0. The van der Waals surface area contributed by atoms with E-state index in [1.165, 1.54) is 0 Å². The summed E-state index contributed by atoms with van der Waals surface area (Å²) in [6.45, 7) is 4.68. The van der Waals surface area contributed by atoms with E-state index in [9.17, 15) is 4.79 Å². The average molecular weight is 328 g/mol. The summed E-state index contributed by atoms with van der Waals surface area (Å²) in [6, 6.07) is 13.2. The Labute approximate surface area is 139 Å². The van der Waals surface area contributed by atoms with Crippen molar-refractivity contribution in [3.63, 3.8) is 0 Å². The Bertz CT molecular complexity index is 854. The normalized spacial score (nSPS) is 11.6. The molecule has 0 saturated heterocycles. The number of fused-ring (bicyclic) bond motifs is 1. The lowest BCUT2D eigenvalue weighted by Crippen LogP contribution is -2.36. The maximum atomic E-state index is 12.4. The Balaban J connectivity index is 1.72. The Morgan fingerprint density at radius 2 is 2.09 bits per heavy atom. The van der Waals surface area contributed by atoms with Crippen LogP contribution in [0.4, 0.5) is 0 Å². The predicted octanol–water partition coefficient (Wildman–Crippen LogP) is 3.92. The number of nitrogens with zero attached hydrogens (tertiary/aromatic N) is 1. The summed E-state index contributed by atoms with van der Waals surface area (Å²) in [6.07, 6.45) is 1.62. The minimum Gasteiger partial charge on any atom is -0.351 e. The Kier molecular flexibility index (Phi) is 4.09. The van der Waals surface area contributed by atoms with Gasteiger partial charge >= 0.3 is 0 Å². The second-order valence-electron chi connectivity index (χ2n) is 6.21. The standard InChI is InChI=1S/C18H18ClN3O/c1-18(2,13-4-3-5-14(19)9-13)10-20-17(23)12-6-7-15-16(8-12)22-11-21-15/h3-9,11H,10H2,1-2H3,(H,20,23)(H,21,22). The van der Waals surface area contributed by atoms with Crippen LogP contribution in [0.2, 0.25) is 5.02 Å². The zero-order valence-corrected chi connectivity index (χ0v) is 13.8. The number of benzene rings is 2. The molecule has 2 aromatic carbocycles. The zero-order valence-electron chi connectivity index (χ0n) is 13.1. The van der Waals surface area contributed by atoms with Crippen molar-refractivity contribution in [1.82, 2.24) is 15.3 Å². The van der Waals surface area contributed by atoms with Gasteiger partial charge in [-0.3, -0.25) is 4.79 Å². The van der Waals surface area contributed by atoms with Crippen LogP contribution >= 0.6 is 11.6 Å². The molecule has 1 heterocycles. The molecule has 1 amide bonds. The lowest BCUT2D eigenvalue weighted by atomic mass is 9.84. The molecule has 1 aromatic heterocycles. The lowest BCUT2D eigenvalue weighted by Gasteiger charge is -2.26. The summed E-state index contributed by atoms with van der Waals surface area (Å²) in [5.41, 5.74) is 3.20. The Morgan fingerprint density at radius 1 is 1.26 bits per heavy atom. The third-order valence-corrected chi connectivity index (χ3v) is 4.21. The number of hydrogen-bond donors (Lipinski definition) is 2. The van der Waals surface area contributed by atoms with Crippen LogP contribution in [0.5, 0.6) is 0 Å². The van der Waals surface area contributed by atoms with Gasteiger partial charge < -0.3 is 10.3 Å². The molecule has 3 aromatic rings. The van der Waals surface area contributed by atoms with Crippen molar-refractivity contribution >= 4 is 28.5 Å². The Morgan fingerprint density at radius 3 is 2.87 bits per heavy atom. The summed E-state index contributed by atoms with van der Waals surface area (Å²) in [5.74, 6) is -0.100. The highest BCUT2D eigenvalue weighted by Crippen LogP contribution is 2.25. The van der Waals surface area contributed by atoms with E-state index in [1.54, 1.807) is 12.4 Å². The number of halogens is 1. The van der Waals surface area contributed by atoms with Crippen LogP contribution in [0.15, 0.2) is 48.8 Å². The fraction of sp³-hybridized carbons (Fsp3) is 0.222. The molecule has 0 aliphatic heterocycles. The number of rotatable bonds is 4. The first-order valence-electron chi connectivity index (χ1n) is 7.43. The largest absolute Gasteiger partial charge is 0.351 e. The number of H-pyrrole nitrogens is 1. The third-order valence-electron chi connectivity index (χ3n) is 3.98. The number of imidazole rings is 1. The average Bonchev–Trinajstić information content (AvgIpc) is 3.00. The van der Waals surface area contributed by atoms with Crippen LogP contribution in [-0.2, 0) is 5.41 Å². The molecule has 0 fully saturated rings. The van der Waals surface area contributed by atoms with Gasteiger partial charge in [0.15, 0.2) is 0 Å². The number of aromatic nitrogens is 2. The molecule has 0 radical (unpaired) electrons. The van der Waals surface area contributed by atoms with Crippen molar-refractivity contribution in [3.05, 3.63) is 64.9 Å². The molecule has 118 valence electrons. The second-order valence-corrected chi connectivity index (χ2v) is 6.65. The molecule has 0 bridgehead atoms. The summed E-state index contributed by atoms with van der Waals surface area (Å²) < 4.78 is 0. The molecule has 0 atom stereocenters. The summed E-state index contributed by atoms with van der Waals surface area (Å²) in [7, 11) is 0. The van der Waals surface area contributed by atoms with Crippen LogP contribution in [0.25, 0.3) is 11.0 Å². The van der Waals surface area contributed by atoms with Crippen LogP contribution in [0.3, 0.4) is 0 Å². The molecule has 0 spiro atoms. The van der Waals surface area contributed by atoms with Gasteiger partial charge in [-0.25, -0.2) is 4.98 Å². The van der Waals surface area contributed by atoms with Crippen LogP contribution in [0, 0.1) is 0 Å². The summed E-state index contributed by atoms with van der Waals surface area (Å²) >= 11 is 6.06. The second kappa shape index (κ2) is 6.05. The molecule has 23 heavy (non-hydrogen) atoms. The molecular weight excluding hydrogens is 310 g/mol. The van der Waals surface area contributed by atoms with Gasteiger partial charge in [-0.15, -0.1) is 0 Å². The number of carbonyl (C=O) groups excluding carboxylic acids is 1. The lowest BCUT2D eigenvalue weighted by molar-refractivity contribution is 0.0946. The van der Waals surface area contributed by atoms with Gasteiger partial charge in [0.2, 0.25) is 0 Å². The molecule has 3 rings (SSSR count). The fourth-order valence-electron chi connectivity index (χ4n) is 2.49. The number of amides is 1. The van der Waals surface area contributed by atoms with Gasteiger partial charge in [-0.2, -0.15) is 0 Å². The number of nitrogens with one attached hydrogen (secondary N) is 2. The highest BCUT2D eigenvalue weighted by atomic mass is 35.5. The SMILES string of the molecule is CC(C)(CNC(=O)c1ccc2nc[nH]c2c1)c1cccc(Cl)c1. The quantitative estimate of drug-likeness (QED) is 0.763. The number of aromatic amines is 1. The minimum atomic E-state index is -0.210. The molecule has 5 heteroatoms. The summed E-state index contributed by atoms with van der Waals surface area (Å²) in [5, 5.41) is 3.70. The van der Waals surface area contributed by atoms with Crippen molar-refractivity contribution in [3.8, 4) is 0 Å². The van der Waals surface area contributed by atoms with E-state index in [0.717, 1.165) is 16.6 Å². The van der Waals surface area contributed by atoms with Gasteiger partial charge in [0.05, 0.1) is 17.4 Å². The van der Waals surface area contributed by atoms with Crippen molar-refractivity contribution in [2.45, 2.75) is 19.3 Å².